The van der Waals surface area contributed by atoms with E-state index in [2.05, 4.69) is 0 Å². The molecule has 41 heavy (non-hydrogen) atoms. The lowest BCUT2D eigenvalue weighted by atomic mass is 9.95. The fourth-order valence-electron chi connectivity index (χ4n) is 4.78. The SMILES string of the molecule is CC(C)(O[C@@H]1O[C@H](COC(=O)/C=C/c2ccc(O)cc2)[C@@H](O)[C@H](O)[C@H]1O)[C@@H]1Cc2cc3ccc(=O)oc3c(O)c2O1. The first kappa shape index (κ1) is 28.6. The van der Waals surface area contributed by atoms with Crippen LogP contribution >= 0.6 is 0 Å². The van der Waals surface area contributed by atoms with Crippen LogP contribution in [0.1, 0.15) is 25.0 Å². The fraction of sp³-hybridized carbons (Fsp3) is 0.379. The number of aliphatic hydroxyl groups excluding tert-OH is 3. The van der Waals surface area contributed by atoms with Crippen LogP contribution in [0.5, 0.6) is 17.2 Å². The van der Waals surface area contributed by atoms with Gasteiger partial charge in [0.15, 0.2) is 17.6 Å². The second-order valence-electron chi connectivity index (χ2n) is 10.5. The topological polar surface area (TPSA) is 185 Å². The minimum atomic E-state index is -1.67. The summed E-state index contributed by atoms with van der Waals surface area (Å²) in [4.78, 5) is 23.8. The molecule has 12 heteroatoms. The first-order valence-corrected chi connectivity index (χ1v) is 12.9. The van der Waals surface area contributed by atoms with E-state index in [-0.39, 0.29) is 22.8 Å². The van der Waals surface area contributed by atoms with Crippen molar-refractivity contribution >= 4 is 23.0 Å². The van der Waals surface area contributed by atoms with Gasteiger partial charge in [-0.2, -0.15) is 0 Å². The van der Waals surface area contributed by atoms with Crippen LogP contribution in [0.4, 0.5) is 0 Å². The van der Waals surface area contributed by atoms with Crippen molar-refractivity contribution < 1.29 is 53.7 Å². The Bertz CT molecular complexity index is 1510. The van der Waals surface area contributed by atoms with Crippen molar-refractivity contribution in [3.63, 3.8) is 0 Å². The van der Waals surface area contributed by atoms with Gasteiger partial charge in [0, 0.05) is 29.5 Å². The Morgan fingerprint density at radius 3 is 2.51 bits per heavy atom. The van der Waals surface area contributed by atoms with Crippen LogP contribution in [0, 0.1) is 0 Å². The van der Waals surface area contributed by atoms with Gasteiger partial charge >= 0.3 is 11.6 Å². The number of hydrogen-bond acceptors (Lipinski definition) is 12. The zero-order valence-corrected chi connectivity index (χ0v) is 22.2. The van der Waals surface area contributed by atoms with Gasteiger partial charge in [-0.25, -0.2) is 9.59 Å². The zero-order chi connectivity index (χ0) is 29.5. The van der Waals surface area contributed by atoms with E-state index < -0.39 is 60.6 Å². The molecule has 0 saturated carbocycles. The summed E-state index contributed by atoms with van der Waals surface area (Å²) in [7, 11) is 0. The average molecular weight is 571 g/mol. The zero-order valence-electron chi connectivity index (χ0n) is 22.2. The van der Waals surface area contributed by atoms with Crippen LogP contribution in [-0.2, 0) is 25.4 Å². The number of aliphatic hydroxyl groups is 3. The minimum absolute atomic E-state index is 0.00549. The first-order chi connectivity index (χ1) is 19.4. The minimum Gasteiger partial charge on any atom is -0.508 e. The summed E-state index contributed by atoms with van der Waals surface area (Å²) in [5.41, 5.74) is -0.500. The summed E-state index contributed by atoms with van der Waals surface area (Å²) < 4.78 is 28.0. The van der Waals surface area contributed by atoms with Crippen molar-refractivity contribution in [2.75, 3.05) is 6.61 Å². The van der Waals surface area contributed by atoms with Crippen LogP contribution in [0.25, 0.3) is 17.0 Å². The number of carbonyl (C=O) groups excluding carboxylic acids is 1. The molecular weight excluding hydrogens is 540 g/mol. The van der Waals surface area contributed by atoms with Crippen molar-refractivity contribution in [2.45, 2.75) is 62.7 Å². The van der Waals surface area contributed by atoms with Crippen molar-refractivity contribution in [1.82, 2.24) is 0 Å². The van der Waals surface area contributed by atoms with E-state index in [1.54, 1.807) is 32.0 Å². The highest BCUT2D eigenvalue weighted by atomic mass is 16.7. The molecule has 0 radical (unpaired) electrons. The van der Waals surface area contributed by atoms with Crippen LogP contribution in [-0.4, -0.2) is 80.5 Å². The third kappa shape index (κ3) is 5.92. The second-order valence-corrected chi connectivity index (χ2v) is 10.5. The van der Waals surface area contributed by atoms with E-state index in [0.717, 1.165) is 6.08 Å². The molecule has 5 rings (SSSR count). The second kappa shape index (κ2) is 11.1. The lowest BCUT2D eigenvalue weighted by Crippen LogP contribution is -2.61. The highest BCUT2D eigenvalue weighted by Crippen LogP contribution is 2.45. The molecule has 5 N–H and O–H groups in total. The first-order valence-electron chi connectivity index (χ1n) is 12.9. The van der Waals surface area contributed by atoms with Gasteiger partial charge in [-0.15, -0.1) is 0 Å². The molecule has 3 heterocycles. The summed E-state index contributed by atoms with van der Waals surface area (Å²) in [6.45, 7) is 2.88. The molecule has 3 aromatic rings. The molecule has 1 aromatic heterocycles. The molecule has 2 aliphatic heterocycles. The predicted octanol–water partition coefficient (Wildman–Crippen LogP) is 1.37. The Morgan fingerprint density at radius 2 is 1.78 bits per heavy atom. The molecule has 6 atom stereocenters. The summed E-state index contributed by atoms with van der Waals surface area (Å²) in [5, 5.41) is 52.0. The normalized spacial score (nSPS) is 26.2. The summed E-state index contributed by atoms with van der Waals surface area (Å²) in [5.74, 6) is -0.839. The highest BCUT2D eigenvalue weighted by Gasteiger charge is 2.49. The Balaban J connectivity index is 1.24. The monoisotopic (exact) mass is 570 g/mol. The van der Waals surface area contributed by atoms with Gasteiger partial charge in [0.25, 0.3) is 0 Å². The third-order valence-electron chi connectivity index (χ3n) is 7.14. The number of benzene rings is 2. The summed E-state index contributed by atoms with van der Waals surface area (Å²) >= 11 is 0. The highest BCUT2D eigenvalue weighted by molar-refractivity contribution is 5.87. The molecular formula is C29H30O12. The lowest BCUT2D eigenvalue weighted by Gasteiger charge is -2.43. The number of phenolic OH excluding ortho intramolecular Hbond substituents is 2. The van der Waals surface area contributed by atoms with E-state index in [0.29, 0.717) is 22.9 Å². The van der Waals surface area contributed by atoms with Crippen molar-refractivity contribution in [2.24, 2.45) is 0 Å². The van der Waals surface area contributed by atoms with Gasteiger partial charge in [0.1, 0.15) is 48.5 Å². The molecule has 0 bridgehead atoms. The van der Waals surface area contributed by atoms with E-state index >= 15 is 0 Å². The maximum atomic E-state index is 12.2. The van der Waals surface area contributed by atoms with E-state index in [1.807, 2.05) is 0 Å². The quantitative estimate of drug-likeness (QED) is 0.156. The smallest absolute Gasteiger partial charge is 0.336 e. The maximum Gasteiger partial charge on any atom is 0.336 e. The molecule has 2 aliphatic rings. The number of carbonyl (C=O) groups is 1. The lowest BCUT2D eigenvalue weighted by molar-refractivity contribution is -0.329. The maximum absolute atomic E-state index is 12.2. The van der Waals surface area contributed by atoms with E-state index in [9.17, 15) is 35.1 Å². The number of aromatic hydroxyl groups is 2. The molecule has 1 saturated heterocycles. The van der Waals surface area contributed by atoms with Gasteiger partial charge in [-0.05, 0) is 49.8 Å². The Morgan fingerprint density at radius 1 is 1.05 bits per heavy atom. The van der Waals surface area contributed by atoms with Crippen LogP contribution in [0.15, 0.2) is 57.8 Å². The average Bonchev–Trinajstić information content (AvgIpc) is 3.38. The third-order valence-corrected chi connectivity index (χ3v) is 7.14. The molecule has 0 aliphatic carbocycles. The number of esters is 1. The summed E-state index contributed by atoms with van der Waals surface area (Å²) in [6, 6.07) is 10.6. The Hall–Kier alpha value is -3.94. The van der Waals surface area contributed by atoms with Crippen molar-refractivity contribution in [3.05, 3.63) is 70.1 Å². The van der Waals surface area contributed by atoms with Gasteiger partial charge in [0.05, 0.1) is 0 Å². The van der Waals surface area contributed by atoms with Gasteiger partial charge < -0.3 is 48.9 Å². The van der Waals surface area contributed by atoms with E-state index in [4.69, 9.17) is 23.4 Å². The van der Waals surface area contributed by atoms with Crippen LogP contribution in [0.3, 0.4) is 0 Å². The number of fused-ring (bicyclic) bond motifs is 2. The van der Waals surface area contributed by atoms with Crippen molar-refractivity contribution in [3.8, 4) is 17.2 Å². The molecule has 0 unspecified atom stereocenters. The van der Waals surface area contributed by atoms with Crippen LogP contribution in [0.2, 0.25) is 0 Å². The molecule has 0 amide bonds. The number of ether oxygens (including phenoxy) is 4. The van der Waals surface area contributed by atoms with Crippen LogP contribution < -0.4 is 10.4 Å². The van der Waals surface area contributed by atoms with E-state index in [1.165, 1.54) is 30.3 Å². The van der Waals surface area contributed by atoms with Gasteiger partial charge in [-0.3, -0.25) is 0 Å². The standard InChI is InChI=1S/C29H30O12/c1-29(2,19-12-16-11-15-6-10-21(32)40-26(15)25(36)27(16)39-19)41-28-24(35)23(34)22(33)18(38-28)13-37-20(31)9-5-14-3-7-17(30)8-4-14/h3-11,18-19,22-24,28,30,33-36H,12-13H2,1-2H3/b9-5+/t18-,19+,22-,23+,24-,28+/m1/s1. The molecule has 218 valence electrons. The Kier molecular flexibility index (Phi) is 7.77. The number of phenols is 2. The van der Waals surface area contributed by atoms with Gasteiger partial charge in [0.2, 0.25) is 5.75 Å². The molecule has 1 fully saturated rings. The predicted molar refractivity (Wildman–Crippen MR) is 142 cm³/mol. The Labute approximate surface area is 233 Å². The van der Waals surface area contributed by atoms with Crippen molar-refractivity contribution in [1.29, 1.82) is 0 Å². The van der Waals surface area contributed by atoms with Gasteiger partial charge in [-0.1, -0.05) is 12.1 Å². The molecule has 0 spiro atoms. The fourth-order valence-corrected chi connectivity index (χ4v) is 4.78. The molecule has 12 nitrogen and oxygen atoms in total. The largest absolute Gasteiger partial charge is 0.508 e. The number of rotatable bonds is 7. The number of hydrogen-bond donors (Lipinski definition) is 5. The molecule has 2 aromatic carbocycles. The summed E-state index contributed by atoms with van der Waals surface area (Å²) in [6.07, 6.45) is -5.30.